The fourth-order valence-corrected chi connectivity index (χ4v) is 6.41. The SMILES string of the molecule is Cn1cc(-c2cccc(N3Cc4cc(C(C)(C)C)sc4C3=O)c2CO)cc(NC2=NCC(C3CC3)=C2)c1=O. The summed E-state index contributed by atoms with van der Waals surface area (Å²) in [7, 11) is 1.72. The molecule has 38 heavy (non-hydrogen) atoms. The number of nitrogens with one attached hydrogen (secondary N) is 1. The minimum absolute atomic E-state index is 0.00932. The van der Waals surface area contributed by atoms with Gasteiger partial charge in [0.1, 0.15) is 11.5 Å². The fraction of sp³-hybridized carbons (Fsp3) is 0.367. The standard InChI is InChI=1S/C30H32N4O3S/c1-30(2,3)25-11-20-15-34(29(37)27(20)38-25)24-7-5-6-21(22(24)16-35)19-10-23(28(36)33(4)14-19)32-26-12-18(13-31-26)17-8-9-17/h5-7,10-12,14,17,35H,8-9,13,15-16H2,1-4H3,(H,31,32). The van der Waals surface area contributed by atoms with E-state index in [1.165, 1.54) is 23.3 Å². The van der Waals surface area contributed by atoms with Crippen LogP contribution in [0.5, 0.6) is 0 Å². The lowest BCUT2D eigenvalue weighted by Crippen LogP contribution is -2.25. The molecule has 8 heteroatoms. The molecule has 4 heterocycles. The van der Waals surface area contributed by atoms with Crippen LogP contribution < -0.4 is 15.8 Å². The van der Waals surface area contributed by atoms with Crippen molar-refractivity contribution in [1.82, 2.24) is 4.57 Å². The van der Waals surface area contributed by atoms with Crippen molar-refractivity contribution in [3.8, 4) is 11.1 Å². The molecule has 0 unspecified atom stereocenters. The third kappa shape index (κ3) is 4.31. The van der Waals surface area contributed by atoms with Crippen molar-refractivity contribution in [3.05, 3.63) is 79.4 Å². The van der Waals surface area contributed by atoms with Gasteiger partial charge >= 0.3 is 0 Å². The Hall–Kier alpha value is -3.49. The number of nitrogens with zero attached hydrogens (tertiary/aromatic N) is 3. The zero-order valence-corrected chi connectivity index (χ0v) is 23.0. The third-order valence-electron chi connectivity index (χ3n) is 7.53. The predicted octanol–water partition coefficient (Wildman–Crippen LogP) is 5.22. The van der Waals surface area contributed by atoms with Crippen LogP contribution in [-0.2, 0) is 25.6 Å². The van der Waals surface area contributed by atoms with Gasteiger partial charge in [0.25, 0.3) is 11.5 Å². The Bertz CT molecular complexity index is 1580. The second-order valence-corrected chi connectivity index (χ2v) is 12.5. The number of hydrogen-bond donors (Lipinski definition) is 2. The van der Waals surface area contributed by atoms with E-state index in [4.69, 9.17) is 0 Å². The molecule has 196 valence electrons. The molecule has 7 nitrogen and oxygen atoms in total. The fourth-order valence-electron chi connectivity index (χ4n) is 5.23. The number of fused-ring (bicyclic) bond motifs is 1. The van der Waals surface area contributed by atoms with Gasteiger partial charge in [-0.15, -0.1) is 11.3 Å². The van der Waals surface area contributed by atoms with Crippen LogP contribution in [0.1, 0.15) is 59.3 Å². The summed E-state index contributed by atoms with van der Waals surface area (Å²) in [6.07, 6.45) is 6.27. The van der Waals surface area contributed by atoms with E-state index in [1.807, 2.05) is 24.3 Å². The van der Waals surface area contributed by atoms with Crippen molar-refractivity contribution < 1.29 is 9.90 Å². The molecule has 0 bridgehead atoms. The number of aliphatic imine (C=N–C) groups is 1. The normalized spacial score (nSPS) is 17.1. The predicted molar refractivity (Wildman–Crippen MR) is 153 cm³/mol. The lowest BCUT2D eigenvalue weighted by molar-refractivity contribution is 0.0999. The number of pyridine rings is 1. The molecule has 2 aliphatic heterocycles. The minimum Gasteiger partial charge on any atom is -0.392 e. The van der Waals surface area contributed by atoms with E-state index in [9.17, 15) is 14.7 Å². The molecule has 1 saturated carbocycles. The quantitative estimate of drug-likeness (QED) is 0.475. The summed E-state index contributed by atoms with van der Waals surface area (Å²) in [5, 5.41) is 13.7. The maximum absolute atomic E-state index is 13.5. The van der Waals surface area contributed by atoms with Crippen LogP contribution in [-0.4, -0.2) is 28.0 Å². The first-order chi connectivity index (χ1) is 18.1. The van der Waals surface area contributed by atoms with Crippen molar-refractivity contribution in [2.45, 2.75) is 52.2 Å². The Morgan fingerprint density at radius 2 is 1.97 bits per heavy atom. The highest BCUT2D eigenvalue weighted by molar-refractivity contribution is 7.14. The van der Waals surface area contributed by atoms with E-state index in [0.29, 0.717) is 41.8 Å². The monoisotopic (exact) mass is 528 g/mol. The summed E-state index contributed by atoms with van der Waals surface area (Å²) >= 11 is 1.56. The summed E-state index contributed by atoms with van der Waals surface area (Å²) in [5.74, 6) is 1.31. The van der Waals surface area contributed by atoms with Crippen LogP contribution in [0.4, 0.5) is 11.4 Å². The average Bonchev–Trinajstić information content (AvgIpc) is 3.33. The molecule has 0 radical (unpaired) electrons. The highest BCUT2D eigenvalue weighted by Crippen LogP contribution is 2.41. The molecular weight excluding hydrogens is 496 g/mol. The van der Waals surface area contributed by atoms with E-state index >= 15 is 0 Å². The molecule has 0 saturated heterocycles. The zero-order chi connectivity index (χ0) is 26.8. The molecule has 0 atom stereocenters. The number of thiophene rings is 1. The zero-order valence-electron chi connectivity index (χ0n) is 22.2. The Labute approximate surface area is 226 Å². The molecule has 0 spiro atoms. The van der Waals surface area contributed by atoms with Crippen LogP contribution in [0.25, 0.3) is 11.1 Å². The number of amides is 1. The summed E-state index contributed by atoms with van der Waals surface area (Å²) in [6.45, 7) is 7.40. The highest BCUT2D eigenvalue weighted by atomic mass is 32.1. The lowest BCUT2D eigenvalue weighted by Gasteiger charge is -2.22. The molecule has 3 aromatic rings. The first-order valence-electron chi connectivity index (χ1n) is 13.0. The van der Waals surface area contributed by atoms with Crippen molar-refractivity contribution in [2.24, 2.45) is 18.0 Å². The first-order valence-corrected chi connectivity index (χ1v) is 13.9. The number of aliphatic hydroxyl groups excluding tert-OH is 1. The van der Waals surface area contributed by atoms with Crippen LogP contribution in [0, 0.1) is 5.92 Å². The molecule has 1 fully saturated rings. The van der Waals surface area contributed by atoms with Gasteiger partial charge in [0.05, 0.1) is 30.3 Å². The summed E-state index contributed by atoms with van der Waals surface area (Å²) in [4.78, 5) is 34.7. The van der Waals surface area contributed by atoms with Crippen LogP contribution >= 0.6 is 11.3 Å². The number of anilines is 2. The second kappa shape index (κ2) is 9.06. The van der Waals surface area contributed by atoms with Gasteiger partial charge in [0.2, 0.25) is 0 Å². The Morgan fingerprint density at radius 3 is 2.66 bits per heavy atom. The van der Waals surface area contributed by atoms with Gasteiger partial charge in [-0.2, -0.15) is 0 Å². The lowest BCUT2D eigenvalue weighted by atomic mass is 9.94. The third-order valence-corrected chi connectivity index (χ3v) is 9.12. The molecule has 2 aromatic heterocycles. The number of benzene rings is 1. The Balaban J connectivity index is 1.34. The molecule has 2 N–H and O–H groups in total. The van der Waals surface area contributed by atoms with Crippen molar-refractivity contribution in [1.29, 1.82) is 0 Å². The van der Waals surface area contributed by atoms with Crippen molar-refractivity contribution in [3.63, 3.8) is 0 Å². The van der Waals surface area contributed by atoms with Gasteiger partial charge in [0, 0.05) is 29.2 Å². The van der Waals surface area contributed by atoms with E-state index in [-0.39, 0.29) is 23.5 Å². The summed E-state index contributed by atoms with van der Waals surface area (Å²) in [6, 6.07) is 9.65. The smallest absolute Gasteiger partial charge is 0.274 e. The average molecular weight is 529 g/mol. The van der Waals surface area contributed by atoms with Crippen LogP contribution in [0.3, 0.4) is 0 Å². The number of aromatic nitrogens is 1. The molecule has 6 rings (SSSR count). The van der Waals surface area contributed by atoms with Gasteiger partial charge in [-0.3, -0.25) is 14.6 Å². The van der Waals surface area contributed by atoms with E-state index < -0.39 is 0 Å². The number of aliphatic hydroxyl groups is 1. The number of aryl methyl sites for hydroxylation is 1. The highest BCUT2D eigenvalue weighted by Gasteiger charge is 2.34. The second-order valence-electron chi connectivity index (χ2n) is 11.4. The number of amidine groups is 1. The molecule has 3 aliphatic rings. The summed E-state index contributed by atoms with van der Waals surface area (Å²) < 4.78 is 1.54. The largest absolute Gasteiger partial charge is 0.392 e. The number of hydrogen-bond acceptors (Lipinski definition) is 6. The van der Waals surface area contributed by atoms with Crippen molar-refractivity contribution >= 4 is 34.5 Å². The minimum atomic E-state index is -0.234. The van der Waals surface area contributed by atoms with E-state index in [1.54, 1.807) is 34.0 Å². The number of rotatable bonds is 5. The van der Waals surface area contributed by atoms with Gasteiger partial charge in [-0.25, -0.2) is 0 Å². The topological polar surface area (TPSA) is 86.9 Å². The van der Waals surface area contributed by atoms with Crippen molar-refractivity contribution in [2.75, 3.05) is 16.8 Å². The van der Waals surface area contributed by atoms with E-state index in [0.717, 1.165) is 21.6 Å². The van der Waals surface area contributed by atoms with Crippen LogP contribution in [0.2, 0.25) is 0 Å². The van der Waals surface area contributed by atoms with E-state index in [2.05, 4.69) is 43.2 Å². The maximum atomic E-state index is 13.5. The van der Waals surface area contributed by atoms with Gasteiger partial charge in [-0.1, -0.05) is 32.9 Å². The number of carbonyl (C=O) groups excluding carboxylic acids is 1. The molecule has 1 aromatic carbocycles. The Morgan fingerprint density at radius 1 is 1.18 bits per heavy atom. The molecular formula is C30H32N4O3S. The summed E-state index contributed by atoms with van der Waals surface area (Å²) in [5.41, 5.74) is 5.54. The number of carbonyl (C=O) groups is 1. The van der Waals surface area contributed by atoms with Gasteiger partial charge in [-0.05, 0) is 65.1 Å². The maximum Gasteiger partial charge on any atom is 0.274 e. The van der Waals surface area contributed by atoms with Crippen LogP contribution in [0.15, 0.2) is 58.0 Å². The van der Waals surface area contributed by atoms with Gasteiger partial charge in [0.15, 0.2) is 0 Å². The first kappa shape index (κ1) is 24.8. The molecule has 1 aliphatic carbocycles. The van der Waals surface area contributed by atoms with Gasteiger partial charge < -0.3 is 19.9 Å². The molecule has 1 amide bonds. The Kier molecular flexibility index (Phi) is 5.92.